The predicted octanol–water partition coefficient (Wildman–Crippen LogP) is 1.55. The van der Waals surface area contributed by atoms with Gasteiger partial charge >= 0.3 is 5.97 Å². The normalized spacial score (nSPS) is 9.92. The van der Waals surface area contributed by atoms with Crippen molar-refractivity contribution < 1.29 is 19.4 Å². The second kappa shape index (κ2) is 3.89. The van der Waals surface area contributed by atoms with Crippen LogP contribution < -0.4 is 0 Å². The molecule has 13 heavy (non-hydrogen) atoms. The first-order chi connectivity index (χ1) is 6.11. The average Bonchev–Trinajstić information content (AvgIpc) is 2.03. The van der Waals surface area contributed by atoms with E-state index in [-0.39, 0.29) is 24.2 Å². The molecular formula is C9H9FO3. The molecule has 0 unspecified atom stereocenters. The summed E-state index contributed by atoms with van der Waals surface area (Å²) in [6.07, 6.45) is -0.178. The van der Waals surface area contributed by atoms with Gasteiger partial charge < -0.3 is 10.2 Å². The summed E-state index contributed by atoms with van der Waals surface area (Å²) < 4.78 is 12.9. The third kappa shape index (κ3) is 2.43. The van der Waals surface area contributed by atoms with Crippen LogP contribution in [-0.4, -0.2) is 16.2 Å². The fourth-order valence-electron chi connectivity index (χ4n) is 1.03. The summed E-state index contributed by atoms with van der Waals surface area (Å²) >= 11 is 0. The molecule has 70 valence electrons. The Labute approximate surface area is 74.4 Å². The van der Waals surface area contributed by atoms with Crippen molar-refractivity contribution in [2.75, 3.05) is 0 Å². The van der Waals surface area contributed by atoms with Crippen molar-refractivity contribution >= 4 is 5.97 Å². The molecule has 1 aromatic rings. The van der Waals surface area contributed by atoms with E-state index in [9.17, 15) is 14.3 Å². The molecule has 0 aliphatic heterocycles. The Morgan fingerprint density at radius 2 is 2.15 bits per heavy atom. The summed E-state index contributed by atoms with van der Waals surface area (Å²) in [6.45, 7) is 0. The van der Waals surface area contributed by atoms with Crippen LogP contribution in [0.4, 0.5) is 4.39 Å². The number of aliphatic carboxylic acids is 1. The van der Waals surface area contributed by atoms with Crippen LogP contribution in [0.25, 0.3) is 0 Å². The van der Waals surface area contributed by atoms with Crippen molar-refractivity contribution in [3.05, 3.63) is 29.6 Å². The van der Waals surface area contributed by atoms with Gasteiger partial charge in [-0.15, -0.1) is 0 Å². The highest BCUT2D eigenvalue weighted by Crippen LogP contribution is 2.20. The first kappa shape index (κ1) is 9.51. The molecule has 1 rings (SSSR count). The first-order valence-corrected chi connectivity index (χ1v) is 3.79. The lowest BCUT2D eigenvalue weighted by atomic mass is 10.1. The molecule has 0 fully saturated rings. The van der Waals surface area contributed by atoms with Crippen LogP contribution in [0.3, 0.4) is 0 Å². The molecule has 0 bridgehead atoms. The SMILES string of the molecule is O=C(O)CCc1c(O)cccc1F. The van der Waals surface area contributed by atoms with E-state index in [0.29, 0.717) is 0 Å². The second-order valence-corrected chi connectivity index (χ2v) is 2.63. The molecule has 3 nitrogen and oxygen atoms in total. The van der Waals surface area contributed by atoms with Gasteiger partial charge in [0.25, 0.3) is 0 Å². The largest absolute Gasteiger partial charge is 0.508 e. The minimum atomic E-state index is -1.01. The van der Waals surface area contributed by atoms with Crippen LogP contribution in [-0.2, 0) is 11.2 Å². The zero-order chi connectivity index (χ0) is 9.84. The topological polar surface area (TPSA) is 57.5 Å². The summed E-state index contributed by atoms with van der Waals surface area (Å²) in [5.41, 5.74) is 0.0601. The lowest BCUT2D eigenvalue weighted by Crippen LogP contribution is -1.99. The highest BCUT2D eigenvalue weighted by molar-refractivity contribution is 5.67. The maximum Gasteiger partial charge on any atom is 0.303 e. The standard InChI is InChI=1S/C9H9FO3/c10-7-2-1-3-8(11)6(7)4-5-9(12)13/h1-3,11H,4-5H2,(H,12,13). The van der Waals surface area contributed by atoms with Crippen molar-refractivity contribution in [2.45, 2.75) is 12.8 Å². The van der Waals surface area contributed by atoms with Gasteiger partial charge in [-0.1, -0.05) is 6.07 Å². The van der Waals surface area contributed by atoms with Crippen LogP contribution in [0.2, 0.25) is 0 Å². The van der Waals surface area contributed by atoms with Crippen molar-refractivity contribution in [2.24, 2.45) is 0 Å². The lowest BCUT2D eigenvalue weighted by Gasteiger charge is -2.03. The summed E-state index contributed by atoms with van der Waals surface area (Å²) in [7, 11) is 0. The van der Waals surface area contributed by atoms with Crippen LogP contribution in [0.1, 0.15) is 12.0 Å². The van der Waals surface area contributed by atoms with Gasteiger partial charge in [0.05, 0.1) is 0 Å². The van der Waals surface area contributed by atoms with Crippen molar-refractivity contribution in [1.82, 2.24) is 0 Å². The Balaban J connectivity index is 2.81. The molecule has 0 aliphatic rings. The summed E-state index contributed by atoms with van der Waals surface area (Å²) in [5.74, 6) is -1.77. The van der Waals surface area contributed by atoms with Gasteiger partial charge in [-0.25, -0.2) is 4.39 Å². The van der Waals surface area contributed by atoms with Crippen LogP contribution in [0.5, 0.6) is 5.75 Å². The van der Waals surface area contributed by atoms with Gasteiger partial charge in [-0.2, -0.15) is 0 Å². The number of halogens is 1. The zero-order valence-electron chi connectivity index (χ0n) is 6.83. The molecule has 1 aromatic carbocycles. The van der Waals surface area contributed by atoms with E-state index >= 15 is 0 Å². The van der Waals surface area contributed by atoms with Crippen molar-refractivity contribution in [3.8, 4) is 5.75 Å². The number of carboxylic acid groups (broad SMARTS) is 1. The number of phenols is 1. The number of hydrogen-bond acceptors (Lipinski definition) is 2. The van der Waals surface area contributed by atoms with Crippen molar-refractivity contribution in [3.63, 3.8) is 0 Å². The van der Waals surface area contributed by atoms with Crippen LogP contribution in [0, 0.1) is 5.82 Å². The average molecular weight is 184 g/mol. The molecule has 0 aliphatic carbocycles. The molecule has 0 amide bonds. The number of aromatic hydroxyl groups is 1. The van der Waals surface area contributed by atoms with E-state index in [2.05, 4.69) is 0 Å². The number of hydrogen-bond donors (Lipinski definition) is 2. The maximum absolute atomic E-state index is 12.9. The molecule has 0 heterocycles. The van der Waals surface area contributed by atoms with Gasteiger partial charge in [0.1, 0.15) is 11.6 Å². The number of phenolic OH excluding ortho intramolecular Hbond substituents is 1. The Bertz CT molecular complexity index is 302. The van der Waals surface area contributed by atoms with E-state index in [0.717, 1.165) is 0 Å². The van der Waals surface area contributed by atoms with Crippen LogP contribution >= 0.6 is 0 Å². The Morgan fingerprint density at radius 3 is 2.69 bits per heavy atom. The quantitative estimate of drug-likeness (QED) is 0.749. The fraction of sp³-hybridized carbons (Fsp3) is 0.222. The van der Waals surface area contributed by atoms with E-state index in [1.165, 1.54) is 18.2 Å². The maximum atomic E-state index is 12.9. The Kier molecular flexibility index (Phi) is 2.84. The third-order valence-electron chi connectivity index (χ3n) is 1.68. The second-order valence-electron chi connectivity index (χ2n) is 2.63. The van der Waals surface area contributed by atoms with Gasteiger partial charge in [0.15, 0.2) is 0 Å². The number of rotatable bonds is 3. The van der Waals surface area contributed by atoms with Gasteiger partial charge in [0, 0.05) is 12.0 Å². The monoisotopic (exact) mass is 184 g/mol. The van der Waals surface area contributed by atoms with E-state index in [4.69, 9.17) is 5.11 Å². The van der Waals surface area contributed by atoms with E-state index in [1.54, 1.807) is 0 Å². The highest BCUT2D eigenvalue weighted by Gasteiger charge is 2.08. The minimum absolute atomic E-state index is 0.00778. The summed E-state index contributed by atoms with van der Waals surface area (Å²) in [6, 6.07) is 3.89. The van der Waals surface area contributed by atoms with Gasteiger partial charge in [-0.3, -0.25) is 4.79 Å². The molecule has 0 spiro atoms. The molecule has 2 N–H and O–H groups in total. The van der Waals surface area contributed by atoms with E-state index in [1.807, 2.05) is 0 Å². The van der Waals surface area contributed by atoms with Gasteiger partial charge in [0.2, 0.25) is 0 Å². The molecule has 0 saturated carbocycles. The van der Waals surface area contributed by atoms with Gasteiger partial charge in [-0.05, 0) is 18.6 Å². The molecule has 4 heteroatoms. The lowest BCUT2D eigenvalue weighted by molar-refractivity contribution is -0.136. The molecule has 0 aromatic heterocycles. The Hall–Kier alpha value is -1.58. The minimum Gasteiger partial charge on any atom is -0.508 e. The first-order valence-electron chi connectivity index (χ1n) is 3.79. The number of carboxylic acids is 1. The predicted molar refractivity (Wildman–Crippen MR) is 44.0 cm³/mol. The summed E-state index contributed by atoms with van der Waals surface area (Å²) in [4.78, 5) is 10.2. The molecule has 0 saturated heterocycles. The van der Waals surface area contributed by atoms with E-state index < -0.39 is 11.8 Å². The number of benzene rings is 1. The molecular weight excluding hydrogens is 175 g/mol. The fourth-order valence-corrected chi connectivity index (χ4v) is 1.03. The summed E-state index contributed by atoms with van der Waals surface area (Å²) in [5, 5.41) is 17.5. The third-order valence-corrected chi connectivity index (χ3v) is 1.68. The van der Waals surface area contributed by atoms with Crippen molar-refractivity contribution in [1.29, 1.82) is 0 Å². The smallest absolute Gasteiger partial charge is 0.303 e. The van der Waals surface area contributed by atoms with Crippen LogP contribution in [0.15, 0.2) is 18.2 Å². The Morgan fingerprint density at radius 1 is 1.46 bits per heavy atom. The molecule has 0 radical (unpaired) electrons. The molecule has 0 atom stereocenters. The highest BCUT2D eigenvalue weighted by atomic mass is 19.1. The zero-order valence-corrected chi connectivity index (χ0v) is 6.83. The number of carbonyl (C=O) groups is 1.